The molecule has 0 aliphatic heterocycles. The smallest absolute Gasteiger partial charge is 0.352 e. The van der Waals surface area contributed by atoms with Gasteiger partial charge >= 0.3 is 5.97 Å². The Hall–Kier alpha value is -2.75. The number of rotatable bonds is 5. The molecule has 0 spiro atoms. The van der Waals surface area contributed by atoms with Crippen molar-refractivity contribution < 1.29 is 9.90 Å². The summed E-state index contributed by atoms with van der Waals surface area (Å²) in [5.41, 5.74) is 3.46. The van der Waals surface area contributed by atoms with Crippen molar-refractivity contribution in [2.75, 3.05) is 11.9 Å². The molecule has 4 nitrogen and oxygen atoms in total. The number of carbonyl (C=O) groups is 1. The van der Waals surface area contributed by atoms with Crippen LogP contribution in [0.25, 0.3) is 10.9 Å². The van der Waals surface area contributed by atoms with Crippen LogP contribution in [0, 0.1) is 0 Å². The minimum atomic E-state index is -0.908. The number of aryl methyl sites for hydroxylation is 1. The van der Waals surface area contributed by atoms with E-state index >= 15 is 0 Å². The molecular formula is C18H18N2O2. The SMILES string of the molecule is Cn1c(C(=O)O)cc2cccc(NCCc3ccccc3)c21. The molecule has 0 aliphatic carbocycles. The van der Waals surface area contributed by atoms with E-state index < -0.39 is 5.97 Å². The molecule has 22 heavy (non-hydrogen) atoms. The fourth-order valence-electron chi connectivity index (χ4n) is 2.75. The van der Waals surface area contributed by atoms with Crippen LogP contribution in [-0.4, -0.2) is 22.2 Å². The summed E-state index contributed by atoms with van der Waals surface area (Å²) in [6, 6.07) is 17.9. The van der Waals surface area contributed by atoms with Gasteiger partial charge < -0.3 is 15.0 Å². The molecule has 2 N–H and O–H groups in total. The fraction of sp³-hybridized carbons (Fsp3) is 0.167. The molecule has 0 fully saturated rings. The average molecular weight is 294 g/mol. The first-order valence-corrected chi connectivity index (χ1v) is 7.26. The molecule has 0 amide bonds. The van der Waals surface area contributed by atoms with Gasteiger partial charge in [-0.2, -0.15) is 0 Å². The van der Waals surface area contributed by atoms with Gasteiger partial charge in [-0.25, -0.2) is 4.79 Å². The van der Waals surface area contributed by atoms with E-state index in [2.05, 4.69) is 17.4 Å². The van der Waals surface area contributed by atoms with Crippen molar-refractivity contribution in [3.8, 4) is 0 Å². The lowest BCUT2D eigenvalue weighted by Crippen LogP contribution is -2.08. The number of benzene rings is 2. The minimum Gasteiger partial charge on any atom is -0.477 e. The molecular weight excluding hydrogens is 276 g/mol. The van der Waals surface area contributed by atoms with Crippen LogP contribution >= 0.6 is 0 Å². The number of aromatic carboxylic acids is 1. The summed E-state index contributed by atoms with van der Waals surface area (Å²) in [4.78, 5) is 11.3. The van der Waals surface area contributed by atoms with Gasteiger partial charge in [-0.05, 0) is 24.1 Å². The van der Waals surface area contributed by atoms with Crippen molar-refractivity contribution in [1.29, 1.82) is 0 Å². The predicted octanol–water partition coefficient (Wildman–Crippen LogP) is 3.53. The van der Waals surface area contributed by atoms with E-state index in [-0.39, 0.29) is 0 Å². The maximum absolute atomic E-state index is 11.3. The number of aromatic nitrogens is 1. The van der Waals surface area contributed by atoms with Crippen LogP contribution in [0.15, 0.2) is 54.6 Å². The Kier molecular flexibility index (Phi) is 3.83. The van der Waals surface area contributed by atoms with E-state index in [1.165, 1.54) is 5.56 Å². The van der Waals surface area contributed by atoms with Crippen LogP contribution in [0.1, 0.15) is 16.1 Å². The van der Waals surface area contributed by atoms with Gasteiger partial charge in [0.25, 0.3) is 0 Å². The van der Waals surface area contributed by atoms with Crippen molar-refractivity contribution >= 4 is 22.6 Å². The number of carboxylic acid groups (broad SMARTS) is 1. The molecule has 2 aromatic carbocycles. The summed E-state index contributed by atoms with van der Waals surface area (Å²) in [7, 11) is 1.79. The summed E-state index contributed by atoms with van der Waals surface area (Å²) in [6.07, 6.45) is 0.924. The maximum atomic E-state index is 11.3. The molecule has 4 heteroatoms. The Labute approximate surface area is 129 Å². The van der Waals surface area contributed by atoms with Gasteiger partial charge in [0.1, 0.15) is 5.69 Å². The third-order valence-electron chi connectivity index (χ3n) is 3.85. The predicted molar refractivity (Wildman–Crippen MR) is 88.5 cm³/mol. The van der Waals surface area contributed by atoms with Crippen LogP contribution in [-0.2, 0) is 13.5 Å². The van der Waals surface area contributed by atoms with E-state index in [4.69, 9.17) is 0 Å². The van der Waals surface area contributed by atoms with Crippen LogP contribution in [0.2, 0.25) is 0 Å². The second kappa shape index (κ2) is 5.93. The quantitative estimate of drug-likeness (QED) is 0.757. The van der Waals surface area contributed by atoms with Crippen LogP contribution in [0.3, 0.4) is 0 Å². The van der Waals surface area contributed by atoms with Crippen molar-refractivity contribution in [3.05, 3.63) is 65.9 Å². The second-order valence-corrected chi connectivity index (χ2v) is 5.30. The molecule has 0 bridgehead atoms. The zero-order valence-corrected chi connectivity index (χ0v) is 12.4. The van der Waals surface area contributed by atoms with E-state index in [1.54, 1.807) is 17.7 Å². The Morgan fingerprint density at radius 2 is 1.91 bits per heavy atom. The minimum absolute atomic E-state index is 0.298. The Balaban J connectivity index is 1.83. The molecule has 0 saturated carbocycles. The van der Waals surface area contributed by atoms with Crippen LogP contribution in [0.4, 0.5) is 5.69 Å². The molecule has 3 aromatic rings. The highest BCUT2D eigenvalue weighted by Crippen LogP contribution is 2.26. The summed E-state index contributed by atoms with van der Waals surface area (Å²) in [5.74, 6) is -0.908. The third-order valence-corrected chi connectivity index (χ3v) is 3.85. The number of nitrogens with zero attached hydrogens (tertiary/aromatic N) is 1. The molecule has 0 saturated heterocycles. The van der Waals surface area contributed by atoms with Crippen LogP contribution in [0.5, 0.6) is 0 Å². The van der Waals surface area contributed by atoms with Gasteiger partial charge in [-0.15, -0.1) is 0 Å². The molecule has 1 heterocycles. The summed E-state index contributed by atoms with van der Waals surface area (Å²) in [6.45, 7) is 0.802. The number of para-hydroxylation sites is 1. The normalized spacial score (nSPS) is 10.8. The zero-order chi connectivity index (χ0) is 15.5. The lowest BCUT2D eigenvalue weighted by molar-refractivity contribution is 0.0687. The number of hydrogen-bond acceptors (Lipinski definition) is 2. The number of anilines is 1. The first kappa shape index (κ1) is 14.2. The van der Waals surface area contributed by atoms with Gasteiger partial charge in [0.2, 0.25) is 0 Å². The summed E-state index contributed by atoms with van der Waals surface area (Å²) in [5, 5.41) is 13.6. The van der Waals surface area contributed by atoms with Crippen molar-refractivity contribution in [2.45, 2.75) is 6.42 Å². The van der Waals surface area contributed by atoms with E-state index in [9.17, 15) is 9.90 Å². The van der Waals surface area contributed by atoms with Crippen LogP contribution < -0.4 is 5.32 Å². The second-order valence-electron chi connectivity index (χ2n) is 5.30. The molecule has 112 valence electrons. The largest absolute Gasteiger partial charge is 0.477 e. The highest BCUT2D eigenvalue weighted by atomic mass is 16.4. The molecule has 0 aliphatic rings. The van der Waals surface area contributed by atoms with E-state index in [0.717, 1.165) is 29.6 Å². The summed E-state index contributed by atoms with van der Waals surface area (Å²) < 4.78 is 1.72. The molecule has 3 rings (SSSR count). The number of fused-ring (bicyclic) bond motifs is 1. The van der Waals surface area contributed by atoms with Gasteiger partial charge in [-0.3, -0.25) is 0 Å². The highest BCUT2D eigenvalue weighted by molar-refractivity contribution is 5.99. The topological polar surface area (TPSA) is 54.3 Å². The molecule has 0 radical (unpaired) electrons. The van der Waals surface area contributed by atoms with E-state index in [1.807, 2.05) is 36.4 Å². The zero-order valence-electron chi connectivity index (χ0n) is 12.4. The lowest BCUT2D eigenvalue weighted by atomic mass is 10.1. The van der Waals surface area contributed by atoms with Gasteiger partial charge in [-0.1, -0.05) is 42.5 Å². The van der Waals surface area contributed by atoms with Gasteiger partial charge in [0.15, 0.2) is 0 Å². The maximum Gasteiger partial charge on any atom is 0.352 e. The van der Waals surface area contributed by atoms with E-state index in [0.29, 0.717) is 5.69 Å². The Morgan fingerprint density at radius 1 is 1.14 bits per heavy atom. The lowest BCUT2D eigenvalue weighted by Gasteiger charge is -2.10. The van der Waals surface area contributed by atoms with Crippen molar-refractivity contribution in [3.63, 3.8) is 0 Å². The first-order chi connectivity index (χ1) is 10.7. The monoisotopic (exact) mass is 294 g/mol. The number of hydrogen-bond donors (Lipinski definition) is 2. The van der Waals surface area contributed by atoms with Crippen molar-refractivity contribution in [1.82, 2.24) is 4.57 Å². The summed E-state index contributed by atoms with van der Waals surface area (Å²) >= 11 is 0. The highest BCUT2D eigenvalue weighted by Gasteiger charge is 2.14. The molecule has 0 atom stereocenters. The average Bonchev–Trinajstić information content (AvgIpc) is 2.87. The fourth-order valence-corrected chi connectivity index (χ4v) is 2.75. The van der Waals surface area contributed by atoms with Crippen molar-refractivity contribution in [2.24, 2.45) is 7.05 Å². The molecule has 1 aromatic heterocycles. The Morgan fingerprint density at radius 3 is 2.64 bits per heavy atom. The molecule has 0 unspecified atom stereocenters. The Bertz CT molecular complexity index is 807. The standard InChI is InChI=1S/C18H18N2O2/c1-20-16(18(21)22)12-14-8-5-9-15(17(14)20)19-11-10-13-6-3-2-4-7-13/h2-9,12,19H,10-11H2,1H3,(H,21,22). The number of carboxylic acids is 1. The number of nitrogens with one attached hydrogen (secondary N) is 1. The van der Waals surface area contributed by atoms with Gasteiger partial charge in [0, 0.05) is 19.0 Å². The third kappa shape index (κ3) is 2.68. The first-order valence-electron chi connectivity index (χ1n) is 7.26. The van der Waals surface area contributed by atoms with Gasteiger partial charge in [0.05, 0.1) is 11.2 Å².